The molecule has 1 aromatic carbocycles. The quantitative estimate of drug-likeness (QED) is 0.847. The van der Waals surface area contributed by atoms with Crippen molar-refractivity contribution in [1.29, 1.82) is 0 Å². The van der Waals surface area contributed by atoms with Crippen LogP contribution in [0.3, 0.4) is 0 Å². The van der Waals surface area contributed by atoms with Gasteiger partial charge in [-0.3, -0.25) is 9.59 Å². The molecule has 0 aliphatic heterocycles. The number of carbonyl (C=O) groups excluding carboxylic acids is 1. The fourth-order valence-electron chi connectivity index (χ4n) is 1.65. The van der Waals surface area contributed by atoms with Gasteiger partial charge in [0.05, 0.1) is 12.8 Å². The van der Waals surface area contributed by atoms with Gasteiger partial charge < -0.3 is 15.2 Å². The van der Waals surface area contributed by atoms with Gasteiger partial charge in [0.1, 0.15) is 5.75 Å². The van der Waals surface area contributed by atoms with E-state index in [1.807, 2.05) is 0 Å². The van der Waals surface area contributed by atoms with E-state index < -0.39 is 18.1 Å². The van der Waals surface area contributed by atoms with E-state index in [0.717, 1.165) is 0 Å². The van der Waals surface area contributed by atoms with Gasteiger partial charge in [-0.25, -0.2) is 0 Å². The minimum absolute atomic E-state index is 0.0454. The third-order valence-electron chi connectivity index (χ3n) is 2.63. The minimum atomic E-state index is -5.00. The van der Waals surface area contributed by atoms with Crippen LogP contribution in [-0.4, -0.2) is 30.3 Å². The summed E-state index contributed by atoms with van der Waals surface area (Å²) in [7, 11) is 1.27. The summed E-state index contributed by atoms with van der Waals surface area (Å²) < 4.78 is 41.6. The molecule has 8 heteroatoms. The van der Waals surface area contributed by atoms with Crippen LogP contribution in [0.2, 0.25) is 0 Å². The van der Waals surface area contributed by atoms with E-state index in [2.05, 4.69) is 0 Å². The summed E-state index contributed by atoms with van der Waals surface area (Å²) in [6, 6.07) is 4.36. The van der Waals surface area contributed by atoms with E-state index in [1.54, 1.807) is 11.4 Å². The maximum Gasteiger partial charge on any atom is 0.471 e. The molecule has 0 fully saturated rings. The molecular formula is C13H14F3NO4. The minimum Gasteiger partial charge on any atom is -0.495 e. The van der Waals surface area contributed by atoms with E-state index >= 15 is 0 Å². The number of benzene rings is 1. The van der Waals surface area contributed by atoms with Gasteiger partial charge in [-0.2, -0.15) is 13.2 Å². The van der Waals surface area contributed by atoms with Crippen molar-refractivity contribution in [3.8, 4) is 5.75 Å². The lowest BCUT2D eigenvalue weighted by molar-refractivity contribution is -0.167. The molecule has 5 nitrogen and oxygen atoms in total. The number of carboxylic acid groups (broad SMARTS) is 1. The molecule has 0 unspecified atom stereocenters. The van der Waals surface area contributed by atoms with Crippen molar-refractivity contribution >= 4 is 17.6 Å². The Labute approximate surface area is 118 Å². The normalized spacial score (nSPS) is 11.0. The molecule has 21 heavy (non-hydrogen) atoms. The fourth-order valence-corrected chi connectivity index (χ4v) is 1.65. The zero-order valence-corrected chi connectivity index (χ0v) is 11.2. The van der Waals surface area contributed by atoms with E-state index in [1.165, 1.54) is 19.2 Å². The number of rotatable bonds is 6. The van der Waals surface area contributed by atoms with Crippen molar-refractivity contribution in [3.05, 3.63) is 23.8 Å². The number of hydrogen-bond donors (Lipinski definition) is 2. The maximum absolute atomic E-state index is 12.2. The summed E-state index contributed by atoms with van der Waals surface area (Å²) in [5, 5.41) is 10.3. The third kappa shape index (κ3) is 5.33. The Morgan fingerprint density at radius 2 is 2.00 bits per heavy atom. The van der Waals surface area contributed by atoms with Crippen molar-refractivity contribution < 1.29 is 32.6 Å². The van der Waals surface area contributed by atoms with Crippen LogP contribution in [0.25, 0.3) is 0 Å². The zero-order valence-electron chi connectivity index (χ0n) is 11.2. The van der Waals surface area contributed by atoms with Gasteiger partial charge in [-0.15, -0.1) is 0 Å². The molecule has 0 heterocycles. The SMILES string of the molecule is COc1ccc(CCCC(=O)O)cc1NC(=O)C(F)(F)F. The Bertz CT molecular complexity index is 529. The highest BCUT2D eigenvalue weighted by Gasteiger charge is 2.39. The molecule has 1 rings (SSSR count). The van der Waals surface area contributed by atoms with Crippen LogP contribution in [0.15, 0.2) is 18.2 Å². The van der Waals surface area contributed by atoms with E-state index in [9.17, 15) is 22.8 Å². The maximum atomic E-state index is 12.2. The second-order valence-corrected chi connectivity index (χ2v) is 4.23. The molecule has 0 saturated heterocycles. The van der Waals surface area contributed by atoms with Gasteiger partial charge in [0.2, 0.25) is 0 Å². The highest BCUT2D eigenvalue weighted by atomic mass is 19.4. The molecule has 0 atom stereocenters. The van der Waals surface area contributed by atoms with E-state index in [-0.39, 0.29) is 17.9 Å². The van der Waals surface area contributed by atoms with E-state index in [0.29, 0.717) is 18.4 Å². The first-order valence-corrected chi connectivity index (χ1v) is 6.01. The summed E-state index contributed by atoms with van der Waals surface area (Å²) in [5.74, 6) is -2.95. The predicted octanol–water partition coefficient (Wildman–Crippen LogP) is 2.60. The Morgan fingerprint density at radius 1 is 1.33 bits per heavy atom. The molecule has 1 amide bonds. The number of aryl methyl sites for hydroxylation is 1. The van der Waals surface area contributed by atoms with Crippen molar-refractivity contribution in [2.45, 2.75) is 25.4 Å². The molecule has 0 bridgehead atoms. The van der Waals surface area contributed by atoms with Crippen LogP contribution >= 0.6 is 0 Å². The average molecular weight is 305 g/mol. The second kappa shape index (κ2) is 6.96. The Kier molecular flexibility index (Phi) is 5.57. The van der Waals surface area contributed by atoms with Crippen LogP contribution in [0, 0.1) is 0 Å². The molecule has 2 N–H and O–H groups in total. The average Bonchev–Trinajstić information content (AvgIpc) is 2.37. The molecule has 0 spiro atoms. The van der Waals surface area contributed by atoms with Crippen LogP contribution in [0.5, 0.6) is 5.75 Å². The number of methoxy groups -OCH3 is 1. The molecule has 116 valence electrons. The number of carboxylic acids is 1. The van der Waals surface area contributed by atoms with Gasteiger partial charge in [-0.05, 0) is 30.5 Å². The topological polar surface area (TPSA) is 75.6 Å². The number of anilines is 1. The van der Waals surface area contributed by atoms with Crippen molar-refractivity contribution in [1.82, 2.24) is 0 Å². The first kappa shape index (κ1) is 16.8. The van der Waals surface area contributed by atoms with Crippen LogP contribution in [0.1, 0.15) is 18.4 Å². The highest BCUT2D eigenvalue weighted by molar-refractivity contribution is 5.96. The summed E-state index contributed by atoms with van der Waals surface area (Å²) in [6.07, 6.45) is -4.33. The smallest absolute Gasteiger partial charge is 0.471 e. The predicted molar refractivity (Wildman–Crippen MR) is 68.3 cm³/mol. The van der Waals surface area contributed by atoms with Gasteiger partial charge in [0.25, 0.3) is 0 Å². The van der Waals surface area contributed by atoms with Crippen LogP contribution < -0.4 is 10.1 Å². The molecule has 0 radical (unpaired) electrons. The number of nitrogens with one attached hydrogen (secondary N) is 1. The monoisotopic (exact) mass is 305 g/mol. The van der Waals surface area contributed by atoms with Crippen molar-refractivity contribution in [3.63, 3.8) is 0 Å². The largest absolute Gasteiger partial charge is 0.495 e. The van der Waals surface area contributed by atoms with Gasteiger partial charge in [-0.1, -0.05) is 6.07 Å². The van der Waals surface area contributed by atoms with Gasteiger partial charge in [0, 0.05) is 6.42 Å². The summed E-state index contributed by atoms with van der Waals surface area (Å²) >= 11 is 0. The Morgan fingerprint density at radius 3 is 2.52 bits per heavy atom. The summed E-state index contributed by atoms with van der Waals surface area (Å²) in [4.78, 5) is 21.4. The van der Waals surface area contributed by atoms with Crippen LogP contribution in [-0.2, 0) is 16.0 Å². The first-order valence-electron chi connectivity index (χ1n) is 6.01. The second-order valence-electron chi connectivity index (χ2n) is 4.23. The number of halogens is 3. The number of amides is 1. The molecule has 0 aliphatic rings. The lowest BCUT2D eigenvalue weighted by Crippen LogP contribution is -2.30. The zero-order chi connectivity index (χ0) is 16.0. The first-order chi connectivity index (χ1) is 9.74. The number of aliphatic carboxylic acids is 1. The molecule has 1 aromatic rings. The number of hydrogen-bond acceptors (Lipinski definition) is 3. The van der Waals surface area contributed by atoms with Crippen LogP contribution in [0.4, 0.5) is 18.9 Å². The fraction of sp³-hybridized carbons (Fsp3) is 0.385. The highest BCUT2D eigenvalue weighted by Crippen LogP contribution is 2.28. The van der Waals surface area contributed by atoms with Gasteiger partial charge in [0.15, 0.2) is 0 Å². The Hall–Kier alpha value is -2.25. The molecule has 0 aliphatic carbocycles. The number of carbonyl (C=O) groups is 2. The number of alkyl halides is 3. The molecule has 0 saturated carbocycles. The van der Waals surface area contributed by atoms with Gasteiger partial charge >= 0.3 is 18.1 Å². The lowest BCUT2D eigenvalue weighted by atomic mass is 10.1. The third-order valence-corrected chi connectivity index (χ3v) is 2.63. The van der Waals surface area contributed by atoms with Crippen molar-refractivity contribution in [2.75, 3.05) is 12.4 Å². The van der Waals surface area contributed by atoms with Crippen molar-refractivity contribution in [2.24, 2.45) is 0 Å². The number of ether oxygens (including phenoxy) is 1. The lowest BCUT2D eigenvalue weighted by Gasteiger charge is -2.13. The standard InChI is InChI=1S/C13H14F3NO4/c1-21-10-6-5-8(3-2-4-11(18)19)7-9(10)17-12(20)13(14,15)16/h5-7H,2-4H2,1H3,(H,17,20)(H,18,19). The summed E-state index contributed by atoms with van der Waals surface area (Å²) in [6.45, 7) is 0. The molecular weight excluding hydrogens is 291 g/mol. The van der Waals surface area contributed by atoms with E-state index in [4.69, 9.17) is 9.84 Å². The molecule has 0 aromatic heterocycles. The Balaban J connectivity index is 2.85. The summed E-state index contributed by atoms with van der Waals surface area (Å²) in [5.41, 5.74) is 0.502.